The van der Waals surface area contributed by atoms with E-state index in [0.29, 0.717) is 31.5 Å². The number of ether oxygens (including phenoxy) is 2. The summed E-state index contributed by atoms with van der Waals surface area (Å²) in [5.74, 6) is 1.97. The smallest absolute Gasteiger partial charge is 0.237 e. The Labute approximate surface area is 204 Å². The van der Waals surface area contributed by atoms with Crippen LogP contribution in [0.1, 0.15) is 24.2 Å². The molecule has 35 heavy (non-hydrogen) atoms. The van der Waals surface area contributed by atoms with Crippen molar-refractivity contribution in [1.29, 1.82) is 0 Å². The quantitative estimate of drug-likeness (QED) is 0.289. The van der Waals surface area contributed by atoms with Gasteiger partial charge in [0.15, 0.2) is 0 Å². The molecule has 0 radical (unpaired) electrons. The molecule has 1 unspecified atom stereocenters. The molecule has 2 heterocycles. The van der Waals surface area contributed by atoms with Gasteiger partial charge in [0.05, 0.1) is 12.1 Å². The molecule has 5 aromatic rings. The van der Waals surface area contributed by atoms with Gasteiger partial charge in [-0.05, 0) is 36.8 Å². The predicted octanol–water partition coefficient (Wildman–Crippen LogP) is 5.23. The first-order valence-corrected chi connectivity index (χ1v) is 11.7. The molecule has 178 valence electrons. The van der Waals surface area contributed by atoms with Crippen molar-refractivity contribution in [3.05, 3.63) is 90.1 Å². The third-order valence-electron chi connectivity index (χ3n) is 5.93. The second-order valence-corrected chi connectivity index (χ2v) is 8.46. The molecule has 7 nitrogen and oxygen atoms in total. The van der Waals surface area contributed by atoms with Crippen LogP contribution in [0.4, 0.5) is 5.82 Å². The Bertz CT molecular complexity index is 1450. The highest BCUT2D eigenvalue weighted by molar-refractivity contribution is 5.94. The van der Waals surface area contributed by atoms with Crippen LogP contribution in [-0.2, 0) is 11.3 Å². The lowest BCUT2D eigenvalue weighted by Gasteiger charge is -2.17. The number of hydrogen-bond acceptors (Lipinski definition) is 6. The number of nitrogens with zero attached hydrogens (tertiary/aromatic N) is 3. The number of para-hydroxylation sites is 2. The van der Waals surface area contributed by atoms with Crippen LogP contribution in [0.5, 0.6) is 5.75 Å². The Hall–Kier alpha value is -3.94. The lowest BCUT2D eigenvalue weighted by atomic mass is 10.2. The molecule has 0 saturated heterocycles. The first-order chi connectivity index (χ1) is 17.2. The highest BCUT2D eigenvalue weighted by atomic mass is 16.5. The largest absolute Gasteiger partial charge is 0.489 e. The van der Waals surface area contributed by atoms with Crippen LogP contribution in [0, 0.1) is 0 Å². The van der Waals surface area contributed by atoms with Crippen LogP contribution in [0.15, 0.2) is 78.9 Å². The van der Waals surface area contributed by atoms with Crippen molar-refractivity contribution in [2.24, 2.45) is 5.73 Å². The third-order valence-corrected chi connectivity index (χ3v) is 5.93. The van der Waals surface area contributed by atoms with Crippen molar-refractivity contribution in [3.8, 4) is 11.7 Å². The van der Waals surface area contributed by atoms with Crippen LogP contribution >= 0.6 is 0 Å². The lowest BCUT2D eigenvalue weighted by Crippen LogP contribution is -2.14. The molecule has 0 saturated carbocycles. The zero-order valence-corrected chi connectivity index (χ0v) is 19.9. The fraction of sp³-hybridized carbons (Fsp3) is 0.214. The van der Waals surface area contributed by atoms with Gasteiger partial charge in [-0.25, -0.2) is 4.98 Å². The Balaban J connectivity index is 1.69. The van der Waals surface area contributed by atoms with Crippen LogP contribution in [0.3, 0.4) is 0 Å². The first-order valence-electron chi connectivity index (χ1n) is 11.7. The van der Waals surface area contributed by atoms with E-state index in [2.05, 4.69) is 35.6 Å². The number of fused-ring (bicyclic) bond motifs is 2. The monoisotopic (exact) mass is 467 g/mol. The summed E-state index contributed by atoms with van der Waals surface area (Å²) in [6.07, 6.45) is 0. The number of aromatic nitrogens is 3. The number of hydrogen-bond donors (Lipinski definition) is 2. The summed E-state index contributed by atoms with van der Waals surface area (Å²) < 4.78 is 13.3. The van der Waals surface area contributed by atoms with Gasteiger partial charge in [-0.15, -0.1) is 0 Å². The predicted molar refractivity (Wildman–Crippen MR) is 140 cm³/mol. The van der Waals surface area contributed by atoms with E-state index < -0.39 is 0 Å². The molecule has 2 aromatic heterocycles. The molecule has 3 aromatic carbocycles. The lowest BCUT2D eigenvalue weighted by molar-refractivity contribution is 0.147. The minimum absolute atomic E-state index is 0.198. The molecule has 5 rings (SSSR count). The zero-order valence-electron chi connectivity index (χ0n) is 19.9. The van der Waals surface area contributed by atoms with E-state index in [0.717, 1.165) is 38.9 Å². The normalized spacial score (nSPS) is 12.2. The van der Waals surface area contributed by atoms with Crippen LogP contribution in [0.2, 0.25) is 0 Å². The summed E-state index contributed by atoms with van der Waals surface area (Å²) in [5, 5.41) is 5.50. The van der Waals surface area contributed by atoms with Crippen molar-refractivity contribution in [1.82, 2.24) is 14.5 Å². The van der Waals surface area contributed by atoms with E-state index in [1.807, 2.05) is 60.0 Å². The average molecular weight is 468 g/mol. The summed E-state index contributed by atoms with van der Waals surface area (Å²) in [6.45, 7) is 3.52. The minimum atomic E-state index is -0.198. The molecule has 0 aliphatic rings. The number of nitrogens with one attached hydrogen (secondary N) is 1. The summed E-state index contributed by atoms with van der Waals surface area (Å²) in [4.78, 5) is 9.99. The molecule has 0 spiro atoms. The zero-order chi connectivity index (χ0) is 24.2. The Morgan fingerprint density at radius 2 is 1.74 bits per heavy atom. The highest BCUT2D eigenvalue weighted by Gasteiger charge is 2.19. The second kappa shape index (κ2) is 10.1. The maximum atomic E-state index is 6.38. The Kier molecular flexibility index (Phi) is 6.61. The van der Waals surface area contributed by atoms with Gasteiger partial charge in [0.25, 0.3) is 0 Å². The van der Waals surface area contributed by atoms with Gasteiger partial charge in [0.2, 0.25) is 5.95 Å². The number of rotatable bonds is 9. The maximum Gasteiger partial charge on any atom is 0.237 e. The molecular formula is C28H29N5O2. The molecule has 0 aliphatic carbocycles. The Morgan fingerprint density at radius 3 is 2.54 bits per heavy atom. The van der Waals surface area contributed by atoms with Gasteiger partial charge in [-0.3, -0.25) is 4.57 Å². The summed E-state index contributed by atoms with van der Waals surface area (Å²) in [5.41, 5.74) is 10.2. The van der Waals surface area contributed by atoms with Crippen LogP contribution < -0.4 is 15.8 Å². The van der Waals surface area contributed by atoms with Crippen LogP contribution in [-0.4, -0.2) is 34.9 Å². The van der Waals surface area contributed by atoms with Crippen molar-refractivity contribution in [2.75, 3.05) is 25.6 Å². The first kappa shape index (κ1) is 22.8. The number of methoxy groups -OCH3 is 1. The number of nitrogens with two attached hydrogens (primary N) is 1. The van der Waals surface area contributed by atoms with Crippen molar-refractivity contribution in [2.45, 2.75) is 19.5 Å². The average Bonchev–Trinajstić information content (AvgIpc) is 3.28. The van der Waals surface area contributed by atoms with Crippen LogP contribution in [0.25, 0.3) is 27.8 Å². The van der Waals surface area contributed by atoms with E-state index >= 15 is 0 Å². The van der Waals surface area contributed by atoms with Crippen molar-refractivity contribution >= 4 is 27.6 Å². The molecule has 7 heteroatoms. The maximum absolute atomic E-state index is 6.38. The summed E-state index contributed by atoms with van der Waals surface area (Å²) in [6, 6.07) is 26.2. The second-order valence-electron chi connectivity index (χ2n) is 8.46. The van der Waals surface area contributed by atoms with E-state index in [1.54, 1.807) is 7.11 Å². The van der Waals surface area contributed by atoms with Gasteiger partial charge in [-0.2, -0.15) is 4.98 Å². The number of anilines is 1. The van der Waals surface area contributed by atoms with Gasteiger partial charge < -0.3 is 20.5 Å². The van der Waals surface area contributed by atoms with Gasteiger partial charge >= 0.3 is 0 Å². The molecule has 0 amide bonds. The van der Waals surface area contributed by atoms with E-state index in [4.69, 9.17) is 25.2 Å². The standard InChI is InChI=1S/C28H29N5O2/c1-19(29)24-17-21-11-6-7-13-23(21)33(24)28-31-26-22(12-8-14-25(26)35-16-15-34-2)27(32-28)30-18-20-9-4-3-5-10-20/h3-14,17,19H,15-16,18,29H2,1-2H3,(H,30,31,32). The topological polar surface area (TPSA) is 87.2 Å². The fourth-order valence-corrected chi connectivity index (χ4v) is 4.22. The van der Waals surface area contributed by atoms with E-state index in [-0.39, 0.29) is 6.04 Å². The fourth-order valence-electron chi connectivity index (χ4n) is 4.22. The van der Waals surface area contributed by atoms with Crippen molar-refractivity contribution in [3.63, 3.8) is 0 Å². The summed E-state index contributed by atoms with van der Waals surface area (Å²) >= 11 is 0. The molecule has 3 N–H and O–H groups in total. The molecular weight excluding hydrogens is 438 g/mol. The summed E-state index contributed by atoms with van der Waals surface area (Å²) in [7, 11) is 1.66. The molecule has 0 bridgehead atoms. The third kappa shape index (κ3) is 4.69. The molecule has 0 aliphatic heterocycles. The van der Waals surface area contributed by atoms with E-state index in [9.17, 15) is 0 Å². The van der Waals surface area contributed by atoms with Gasteiger partial charge in [0.1, 0.15) is 23.7 Å². The van der Waals surface area contributed by atoms with Crippen molar-refractivity contribution < 1.29 is 9.47 Å². The Morgan fingerprint density at radius 1 is 0.943 bits per heavy atom. The minimum Gasteiger partial charge on any atom is -0.489 e. The molecule has 1 atom stereocenters. The van der Waals surface area contributed by atoms with Gasteiger partial charge in [-0.1, -0.05) is 54.6 Å². The van der Waals surface area contributed by atoms with E-state index in [1.165, 1.54) is 0 Å². The molecule has 0 fully saturated rings. The van der Waals surface area contributed by atoms with Gasteiger partial charge in [0, 0.05) is 36.2 Å². The SMILES string of the molecule is COCCOc1cccc2c(NCc3ccccc3)nc(-n3c(C(C)N)cc4ccccc43)nc12. The highest BCUT2D eigenvalue weighted by Crippen LogP contribution is 2.32. The number of benzene rings is 3.